The third kappa shape index (κ3) is 6.58. The van der Waals surface area contributed by atoms with Gasteiger partial charge in [0.25, 0.3) is 0 Å². The molecule has 0 aromatic heterocycles. The monoisotopic (exact) mass is 174 g/mol. The van der Waals surface area contributed by atoms with Crippen LogP contribution in [0.1, 0.15) is 26.7 Å². The van der Waals surface area contributed by atoms with Crippen LogP contribution in [-0.2, 0) is 4.74 Å². The quantitative estimate of drug-likeness (QED) is 0.598. The van der Waals surface area contributed by atoms with Gasteiger partial charge in [-0.25, -0.2) is 0 Å². The van der Waals surface area contributed by atoms with Crippen molar-refractivity contribution in [2.75, 3.05) is 20.3 Å². The van der Waals surface area contributed by atoms with Crippen LogP contribution in [0.25, 0.3) is 0 Å². The van der Waals surface area contributed by atoms with E-state index in [2.05, 4.69) is 19.2 Å². The Morgan fingerprint density at radius 3 is 2.67 bits per heavy atom. The normalized spacial score (nSPS) is 16.0. The highest BCUT2D eigenvalue weighted by molar-refractivity contribution is 4.67. The highest BCUT2D eigenvalue weighted by Gasteiger charge is 2.03. The maximum absolute atomic E-state index is 5.82. The molecule has 0 heterocycles. The molecule has 0 amide bonds. The number of nitrogens with one attached hydrogen (secondary N) is 1. The summed E-state index contributed by atoms with van der Waals surface area (Å²) in [6.07, 6.45) is 2.08. The summed E-state index contributed by atoms with van der Waals surface area (Å²) in [7, 11) is 1.70. The first kappa shape index (κ1) is 11.9. The second kappa shape index (κ2) is 7.53. The van der Waals surface area contributed by atoms with E-state index in [1.165, 1.54) is 0 Å². The first-order chi connectivity index (χ1) is 5.70. The average Bonchev–Trinajstić information content (AvgIpc) is 2.10. The van der Waals surface area contributed by atoms with Crippen LogP contribution in [0.2, 0.25) is 0 Å². The van der Waals surface area contributed by atoms with Gasteiger partial charge >= 0.3 is 0 Å². The van der Waals surface area contributed by atoms with E-state index in [9.17, 15) is 0 Å². The molecule has 0 fully saturated rings. The van der Waals surface area contributed by atoms with E-state index < -0.39 is 0 Å². The topological polar surface area (TPSA) is 47.3 Å². The molecule has 0 aliphatic rings. The fourth-order valence-corrected chi connectivity index (χ4v) is 0.868. The summed E-state index contributed by atoms with van der Waals surface area (Å²) in [6, 6.07) is 0.789. The van der Waals surface area contributed by atoms with Crippen LogP contribution >= 0.6 is 0 Å². The van der Waals surface area contributed by atoms with Gasteiger partial charge in [0.2, 0.25) is 0 Å². The molecule has 0 aliphatic heterocycles. The summed E-state index contributed by atoms with van der Waals surface area (Å²) in [6.45, 7) is 5.98. The van der Waals surface area contributed by atoms with Crippen LogP contribution in [0.3, 0.4) is 0 Å². The lowest BCUT2D eigenvalue weighted by Crippen LogP contribution is -2.38. The molecule has 0 saturated carbocycles. The largest absolute Gasteiger partial charge is 0.385 e. The predicted octanol–water partition coefficient (Wildman–Crippen LogP) is 0.738. The van der Waals surface area contributed by atoms with E-state index in [-0.39, 0.29) is 6.04 Å². The highest BCUT2D eigenvalue weighted by atomic mass is 16.5. The summed E-state index contributed by atoms with van der Waals surface area (Å²) >= 11 is 0. The molecule has 0 rings (SSSR count). The van der Waals surface area contributed by atoms with Gasteiger partial charge in [-0.05, 0) is 19.8 Å². The van der Waals surface area contributed by atoms with Crippen molar-refractivity contribution in [3.8, 4) is 0 Å². The molecule has 0 aromatic carbocycles. The molecular formula is C9H22N2O. The van der Waals surface area contributed by atoms with Gasteiger partial charge in [0.1, 0.15) is 0 Å². The summed E-state index contributed by atoms with van der Waals surface area (Å²) in [5.74, 6) is 0. The van der Waals surface area contributed by atoms with Crippen LogP contribution in [0.5, 0.6) is 0 Å². The number of ether oxygens (including phenoxy) is 1. The fourth-order valence-electron chi connectivity index (χ4n) is 0.868. The van der Waals surface area contributed by atoms with Crippen LogP contribution in [-0.4, -0.2) is 32.3 Å². The number of hydrogen-bond acceptors (Lipinski definition) is 3. The molecule has 2 unspecified atom stereocenters. The molecule has 3 heteroatoms. The first-order valence-corrected chi connectivity index (χ1v) is 4.68. The zero-order chi connectivity index (χ0) is 9.40. The Bertz CT molecular complexity index is 98.5. The lowest BCUT2D eigenvalue weighted by molar-refractivity contribution is 0.187. The maximum Gasteiger partial charge on any atom is 0.0477 e. The van der Waals surface area contributed by atoms with Gasteiger partial charge in [-0.3, -0.25) is 0 Å². The lowest BCUT2D eigenvalue weighted by atomic mass is 10.2. The first-order valence-electron chi connectivity index (χ1n) is 4.68. The zero-order valence-corrected chi connectivity index (χ0v) is 8.47. The van der Waals surface area contributed by atoms with Crippen LogP contribution < -0.4 is 11.1 Å². The molecule has 0 aromatic rings. The second-order valence-electron chi connectivity index (χ2n) is 3.26. The van der Waals surface area contributed by atoms with E-state index in [1.807, 2.05) is 0 Å². The predicted molar refractivity (Wildman–Crippen MR) is 52.2 cm³/mol. The molecule has 0 aliphatic carbocycles. The maximum atomic E-state index is 5.82. The molecule has 0 radical (unpaired) electrons. The Labute approximate surface area is 75.7 Å². The molecule has 2 atom stereocenters. The fraction of sp³-hybridized carbons (Fsp3) is 1.00. The SMILES string of the molecule is CCC(C)NCC(N)CCOC. The van der Waals surface area contributed by atoms with Crippen molar-refractivity contribution in [2.24, 2.45) is 5.73 Å². The van der Waals surface area contributed by atoms with E-state index in [4.69, 9.17) is 10.5 Å². The van der Waals surface area contributed by atoms with Crippen molar-refractivity contribution < 1.29 is 4.74 Å². The van der Waals surface area contributed by atoms with Gasteiger partial charge in [-0.2, -0.15) is 0 Å². The van der Waals surface area contributed by atoms with Gasteiger partial charge < -0.3 is 15.8 Å². The molecule has 3 nitrogen and oxygen atoms in total. The molecule has 0 spiro atoms. The summed E-state index contributed by atoms with van der Waals surface area (Å²) in [5.41, 5.74) is 5.82. The Morgan fingerprint density at radius 2 is 2.17 bits per heavy atom. The third-order valence-electron chi connectivity index (χ3n) is 2.03. The van der Waals surface area contributed by atoms with Crippen molar-refractivity contribution in [1.82, 2.24) is 5.32 Å². The Hall–Kier alpha value is -0.120. The third-order valence-corrected chi connectivity index (χ3v) is 2.03. The summed E-state index contributed by atoms with van der Waals surface area (Å²) in [5, 5.41) is 3.36. The minimum atomic E-state index is 0.221. The van der Waals surface area contributed by atoms with Crippen LogP contribution in [0, 0.1) is 0 Å². The molecule has 74 valence electrons. The van der Waals surface area contributed by atoms with Gasteiger partial charge in [-0.15, -0.1) is 0 Å². The van der Waals surface area contributed by atoms with Crippen molar-refractivity contribution in [1.29, 1.82) is 0 Å². The van der Waals surface area contributed by atoms with Gasteiger partial charge in [0.05, 0.1) is 0 Å². The second-order valence-corrected chi connectivity index (χ2v) is 3.26. The Morgan fingerprint density at radius 1 is 1.50 bits per heavy atom. The number of hydrogen-bond donors (Lipinski definition) is 2. The minimum Gasteiger partial charge on any atom is -0.385 e. The van der Waals surface area contributed by atoms with Gasteiger partial charge in [0, 0.05) is 32.3 Å². The van der Waals surface area contributed by atoms with E-state index >= 15 is 0 Å². The van der Waals surface area contributed by atoms with Gasteiger partial charge in [-0.1, -0.05) is 6.92 Å². The van der Waals surface area contributed by atoms with Crippen molar-refractivity contribution in [2.45, 2.75) is 38.8 Å². The smallest absolute Gasteiger partial charge is 0.0477 e. The standard InChI is InChI=1S/C9H22N2O/c1-4-8(2)11-7-9(10)5-6-12-3/h8-9,11H,4-7,10H2,1-3H3. The molecule has 12 heavy (non-hydrogen) atoms. The molecule has 0 bridgehead atoms. The van der Waals surface area contributed by atoms with E-state index in [0.29, 0.717) is 6.04 Å². The Balaban J connectivity index is 3.24. The van der Waals surface area contributed by atoms with E-state index in [1.54, 1.807) is 7.11 Å². The minimum absolute atomic E-state index is 0.221. The van der Waals surface area contributed by atoms with Crippen molar-refractivity contribution >= 4 is 0 Å². The highest BCUT2D eigenvalue weighted by Crippen LogP contribution is 1.91. The number of methoxy groups -OCH3 is 1. The van der Waals surface area contributed by atoms with Crippen molar-refractivity contribution in [3.05, 3.63) is 0 Å². The summed E-state index contributed by atoms with van der Waals surface area (Å²) in [4.78, 5) is 0. The Kier molecular flexibility index (Phi) is 7.45. The molecule has 0 saturated heterocycles. The number of nitrogens with two attached hydrogens (primary N) is 1. The number of rotatable bonds is 7. The van der Waals surface area contributed by atoms with Crippen LogP contribution in [0.4, 0.5) is 0 Å². The summed E-state index contributed by atoms with van der Waals surface area (Å²) < 4.78 is 4.94. The molecular weight excluding hydrogens is 152 g/mol. The molecule has 3 N–H and O–H groups in total. The van der Waals surface area contributed by atoms with E-state index in [0.717, 1.165) is 26.0 Å². The van der Waals surface area contributed by atoms with Gasteiger partial charge in [0.15, 0.2) is 0 Å². The lowest BCUT2D eigenvalue weighted by Gasteiger charge is -2.15. The average molecular weight is 174 g/mol. The zero-order valence-electron chi connectivity index (χ0n) is 8.47. The van der Waals surface area contributed by atoms with Crippen LogP contribution in [0.15, 0.2) is 0 Å². The van der Waals surface area contributed by atoms with Crippen molar-refractivity contribution in [3.63, 3.8) is 0 Å².